The van der Waals surface area contributed by atoms with Gasteiger partial charge in [-0.05, 0) is 12.1 Å². The standard InChI is InChI=1S/C14H14ClNO2S/c15-11-3-1-2-9-6-13(18-14(9)11)12(17)7-10-8-19-5-4-16-10/h1-3,6,10,16H,4-5,7-8H2. The number of fused-ring (bicyclic) bond motifs is 1. The van der Waals surface area contributed by atoms with Crippen LogP contribution in [0.4, 0.5) is 0 Å². The van der Waals surface area contributed by atoms with Gasteiger partial charge < -0.3 is 9.73 Å². The summed E-state index contributed by atoms with van der Waals surface area (Å²) in [7, 11) is 0. The van der Waals surface area contributed by atoms with Crippen LogP contribution in [-0.4, -0.2) is 29.9 Å². The fourth-order valence-corrected chi connectivity index (χ4v) is 3.41. The van der Waals surface area contributed by atoms with Crippen molar-refractivity contribution < 1.29 is 9.21 Å². The first-order valence-corrected chi connectivity index (χ1v) is 7.80. The second-order valence-electron chi connectivity index (χ2n) is 4.62. The molecular formula is C14H14ClNO2S. The largest absolute Gasteiger partial charge is 0.451 e. The molecule has 1 aromatic heterocycles. The number of para-hydroxylation sites is 1. The Morgan fingerprint density at radius 2 is 2.42 bits per heavy atom. The highest BCUT2D eigenvalue weighted by molar-refractivity contribution is 7.99. The maximum Gasteiger partial charge on any atom is 0.199 e. The number of carbonyl (C=O) groups excluding carboxylic acids is 1. The summed E-state index contributed by atoms with van der Waals surface area (Å²) in [6.07, 6.45) is 0.477. The summed E-state index contributed by atoms with van der Waals surface area (Å²) in [5.74, 6) is 2.53. The Hall–Kier alpha value is -0.970. The molecule has 0 aliphatic carbocycles. The lowest BCUT2D eigenvalue weighted by atomic mass is 10.1. The molecule has 1 atom stereocenters. The van der Waals surface area contributed by atoms with Crippen molar-refractivity contribution in [2.45, 2.75) is 12.5 Å². The molecule has 1 N–H and O–H groups in total. The van der Waals surface area contributed by atoms with Crippen molar-refractivity contribution in [1.29, 1.82) is 0 Å². The maximum absolute atomic E-state index is 12.2. The summed E-state index contributed by atoms with van der Waals surface area (Å²) in [5.41, 5.74) is 0.596. The predicted octanol–water partition coefficient (Wildman–Crippen LogP) is 3.36. The molecular weight excluding hydrogens is 282 g/mol. The topological polar surface area (TPSA) is 42.2 Å². The van der Waals surface area contributed by atoms with Gasteiger partial charge in [-0.2, -0.15) is 11.8 Å². The Labute approximate surface area is 120 Å². The first-order chi connectivity index (χ1) is 9.24. The monoisotopic (exact) mass is 295 g/mol. The third-order valence-corrected chi connectivity index (χ3v) is 4.63. The van der Waals surface area contributed by atoms with Gasteiger partial charge in [0.1, 0.15) is 0 Å². The summed E-state index contributed by atoms with van der Waals surface area (Å²) in [6, 6.07) is 7.54. The molecule has 1 aliphatic heterocycles. The van der Waals surface area contributed by atoms with Crippen LogP contribution in [0.25, 0.3) is 11.0 Å². The lowest BCUT2D eigenvalue weighted by Gasteiger charge is -2.21. The first kappa shape index (κ1) is 13.0. The normalized spacial score (nSPS) is 19.7. The van der Waals surface area contributed by atoms with Crippen molar-refractivity contribution in [2.24, 2.45) is 0 Å². The van der Waals surface area contributed by atoms with Gasteiger partial charge in [-0.15, -0.1) is 0 Å². The van der Waals surface area contributed by atoms with E-state index in [2.05, 4.69) is 5.32 Å². The summed E-state index contributed by atoms with van der Waals surface area (Å²) >= 11 is 7.93. The zero-order valence-corrected chi connectivity index (χ0v) is 11.9. The first-order valence-electron chi connectivity index (χ1n) is 6.26. The number of furan rings is 1. The summed E-state index contributed by atoms with van der Waals surface area (Å²) in [6.45, 7) is 0.967. The molecule has 1 aliphatic rings. The van der Waals surface area contributed by atoms with Gasteiger partial charge in [-0.25, -0.2) is 0 Å². The van der Waals surface area contributed by atoms with Crippen molar-refractivity contribution >= 4 is 40.1 Å². The lowest BCUT2D eigenvalue weighted by molar-refractivity contribution is 0.0947. The van der Waals surface area contributed by atoms with Crippen molar-refractivity contribution in [3.8, 4) is 0 Å². The van der Waals surface area contributed by atoms with Gasteiger partial charge in [-0.3, -0.25) is 4.79 Å². The third kappa shape index (κ3) is 2.81. The molecule has 1 saturated heterocycles. The second-order valence-corrected chi connectivity index (χ2v) is 6.18. The number of rotatable bonds is 3. The Kier molecular flexibility index (Phi) is 3.82. The van der Waals surface area contributed by atoms with Gasteiger partial charge in [0.05, 0.1) is 5.02 Å². The molecule has 1 fully saturated rings. The highest BCUT2D eigenvalue weighted by atomic mass is 35.5. The van der Waals surface area contributed by atoms with Gasteiger partial charge in [0.15, 0.2) is 17.1 Å². The van der Waals surface area contributed by atoms with Crippen LogP contribution in [0.3, 0.4) is 0 Å². The minimum absolute atomic E-state index is 0.0345. The van der Waals surface area contributed by atoms with Crippen molar-refractivity contribution in [2.75, 3.05) is 18.1 Å². The van der Waals surface area contributed by atoms with Crippen LogP contribution in [0.15, 0.2) is 28.7 Å². The van der Waals surface area contributed by atoms with E-state index in [1.807, 2.05) is 23.9 Å². The summed E-state index contributed by atoms with van der Waals surface area (Å²) in [4.78, 5) is 12.2. The smallest absolute Gasteiger partial charge is 0.199 e. The van der Waals surface area contributed by atoms with Crippen LogP contribution in [0.1, 0.15) is 17.0 Å². The van der Waals surface area contributed by atoms with Crippen LogP contribution >= 0.6 is 23.4 Å². The van der Waals surface area contributed by atoms with Gasteiger partial charge >= 0.3 is 0 Å². The number of thioether (sulfide) groups is 1. The summed E-state index contributed by atoms with van der Waals surface area (Å²) < 4.78 is 5.59. The predicted molar refractivity (Wildman–Crippen MR) is 79.3 cm³/mol. The number of hydrogen-bond donors (Lipinski definition) is 1. The Balaban J connectivity index is 1.79. The highest BCUT2D eigenvalue weighted by Crippen LogP contribution is 2.27. The molecule has 2 aromatic rings. The van der Waals surface area contributed by atoms with Crippen LogP contribution in [-0.2, 0) is 0 Å². The number of hydrogen-bond acceptors (Lipinski definition) is 4. The van der Waals surface area contributed by atoms with Gasteiger partial charge in [-0.1, -0.05) is 23.7 Å². The van der Waals surface area contributed by atoms with Crippen LogP contribution in [0.5, 0.6) is 0 Å². The average Bonchev–Trinajstić information content (AvgIpc) is 2.85. The van der Waals surface area contributed by atoms with Crippen molar-refractivity contribution in [1.82, 2.24) is 5.32 Å². The Morgan fingerprint density at radius 1 is 1.53 bits per heavy atom. The molecule has 3 rings (SSSR count). The second kappa shape index (κ2) is 5.57. The zero-order chi connectivity index (χ0) is 13.2. The van der Waals surface area contributed by atoms with E-state index < -0.39 is 0 Å². The van der Waals surface area contributed by atoms with Crippen molar-refractivity contribution in [3.05, 3.63) is 35.0 Å². The number of carbonyl (C=O) groups is 1. The summed E-state index contributed by atoms with van der Waals surface area (Å²) in [5, 5.41) is 4.78. The maximum atomic E-state index is 12.2. The Bertz CT molecular complexity index is 605. The molecule has 5 heteroatoms. The number of ketones is 1. The van der Waals surface area contributed by atoms with Crippen LogP contribution in [0.2, 0.25) is 5.02 Å². The van der Waals surface area contributed by atoms with Gasteiger partial charge in [0.25, 0.3) is 0 Å². The lowest BCUT2D eigenvalue weighted by Crippen LogP contribution is -2.38. The molecule has 2 heterocycles. The highest BCUT2D eigenvalue weighted by Gasteiger charge is 2.20. The molecule has 0 spiro atoms. The number of nitrogens with one attached hydrogen (secondary N) is 1. The van der Waals surface area contributed by atoms with E-state index in [0.717, 1.165) is 23.4 Å². The molecule has 0 amide bonds. The molecule has 1 unspecified atom stereocenters. The van der Waals surface area contributed by atoms with E-state index in [1.54, 1.807) is 12.1 Å². The molecule has 100 valence electrons. The fraction of sp³-hybridized carbons (Fsp3) is 0.357. The number of Topliss-reactive ketones (excluding diaryl/α,β-unsaturated/α-hetero) is 1. The fourth-order valence-electron chi connectivity index (χ4n) is 2.24. The molecule has 0 radical (unpaired) electrons. The Morgan fingerprint density at radius 3 is 3.16 bits per heavy atom. The third-order valence-electron chi connectivity index (χ3n) is 3.20. The average molecular weight is 296 g/mol. The number of halogens is 1. The minimum atomic E-state index is 0.0345. The van der Waals surface area contributed by atoms with E-state index in [9.17, 15) is 4.79 Å². The quantitative estimate of drug-likeness (QED) is 0.882. The van der Waals surface area contributed by atoms with E-state index in [0.29, 0.717) is 22.8 Å². The molecule has 3 nitrogen and oxygen atoms in total. The van der Waals surface area contributed by atoms with E-state index in [-0.39, 0.29) is 11.8 Å². The SMILES string of the molecule is O=C(CC1CSCCN1)c1cc2cccc(Cl)c2o1. The van der Waals surface area contributed by atoms with Crippen LogP contribution < -0.4 is 5.32 Å². The van der Waals surface area contributed by atoms with Gasteiger partial charge in [0, 0.05) is 35.9 Å². The van der Waals surface area contributed by atoms with E-state index in [1.165, 1.54) is 0 Å². The number of benzene rings is 1. The molecule has 0 bridgehead atoms. The minimum Gasteiger partial charge on any atom is -0.451 e. The van der Waals surface area contributed by atoms with E-state index >= 15 is 0 Å². The van der Waals surface area contributed by atoms with Crippen LogP contribution in [0, 0.1) is 0 Å². The van der Waals surface area contributed by atoms with Gasteiger partial charge in [0.2, 0.25) is 0 Å². The molecule has 19 heavy (non-hydrogen) atoms. The molecule has 1 aromatic carbocycles. The zero-order valence-electron chi connectivity index (χ0n) is 10.3. The molecule has 0 saturated carbocycles. The van der Waals surface area contributed by atoms with E-state index in [4.69, 9.17) is 16.0 Å². The van der Waals surface area contributed by atoms with Crippen molar-refractivity contribution in [3.63, 3.8) is 0 Å².